The average molecular weight is 303 g/mol. The molecule has 2 rings (SSSR count). The molecule has 1 aromatic heterocycles. The lowest BCUT2D eigenvalue weighted by Gasteiger charge is -2.40. The predicted molar refractivity (Wildman–Crippen MR) is 70.0 cm³/mol. The van der Waals surface area contributed by atoms with Gasteiger partial charge in [0.15, 0.2) is 0 Å². The number of halogens is 3. The van der Waals surface area contributed by atoms with Gasteiger partial charge in [0.1, 0.15) is 5.56 Å². The first-order valence-corrected chi connectivity index (χ1v) is 6.65. The summed E-state index contributed by atoms with van der Waals surface area (Å²) in [4.78, 5) is 27.1. The fraction of sp³-hybridized carbons (Fsp3) is 0.538. The van der Waals surface area contributed by atoms with Crippen molar-refractivity contribution in [2.24, 2.45) is 0 Å². The Labute approximate surface area is 119 Å². The number of likely N-dealkylation sites (N-methyl/N-ethyl adjacent to an activating group) is 1. The van der Waals surface area contributed by atoms with Gasteiger partial charge in [-0.1, -0.05) is 6.92 Å². The molecule has 1 atom stereocenters. The number of hydrogen-bond donors (Lipinski definition) is 2. The van der Waals surface area contributed by atoms with Crippen LogP contribution in [-0.2, 0) is 6.18 Å². The van der Waals surface area contributed by atoms with E-state index in [-0.39, 0.29) is 11.6 Å². The van der Waals surface area contributed by atoms with Gasteiger partial charge in [-0.25, -0.2) is 0 Å². The monoisotopic (exact) mass is 303 g/mol. The maximum Gasteiger partial charge on any atom is 0.421 e. The molecule has 0 aliphatic carbocycles. The third-order valence-electron chi connectivity index (χ3n) is 3.64. The van der Waals surface area contributed by atoms with Crippen molar-refractivity contribution in [1.29, 1.82) is 0 Å². The van der Waals surface area contributed by atoms with Crippen LogP contribution < -0.4 is 10.9 Å². The highest BCUT2D eigenvalue weighted by Crippen LogP contribution is 2.26. The summed E-state index contributed by atoms with van der Waals surface area (Å²) in [6, 6.07) is 0.802. The molecule has 0 bridgehead atoms. The van der Waals surface area contributed by atoms with Crippen LogP contribution in [0.15, 0.2) is 17.1 Å². The minimum absolute atomic E-state index is 0.204. The molecule has 21 heavy (non-hydrogen) atoms. The lowest BCUT2D eigenvalue weighted by molar-refractivity contribution is -0.138. The molecule has 1 aliphatic rings. The van der Waals surface area contributed by atoms with Crippen LogP contribution in [0.25, 0.3) is 0 Å². The summed E-state index contributed by atoms with van der Waals surface area (Å²) in [7, 11) is 0. The summed E-state index contributed by atoms with van der Waals surface area (Å²) in [5.74, 6) is -0.625. The van der Waals surface area contributed by atoms with Gasteiger partial charge in [0.05, 0.1) is 5.56 Å². The van der Waals surface area contributed by atoms with Crippen molar-refractivity contribution >= 4 is 5.91 Å². The Morgan fingerprint density at radius 1 is 1.52 bits per heavy atom. The molecule has 2 N–H and O–H groups in total. The maximum atomic E-state index is 12.6. The quantitative estimate of drug-likeness (QED) is 0.879. The number of rotatable bonds is 4. The van der Waals surface area contributed by atoms with Gasteiger partial charge in [-0.15, -0.1) is 0 Å². The van der Waals surface area contributed by atoms with E-state index >= 15 is 0 Å². The van der Waals surface area contributed by atoms with Crippen LogP contribution in [0.1, 0.15) is 29.3 Å². The maximum absolute atomic E-state index is 12.6. The first kappa shape index (κ1) is 15.6. The van der Waals surface area contributed by atoms with E-state index in [4.69, 9.17) is 0 Å². The number of hydrogen-bond acceptors (Lipinski definition) is 3. The molecule has 1 unspecified atom stereocenters. The fourth-order valence-corrected chi connectivity index (χ4v) is 2.28. The molecule has 1 amide bonds. The Morgan fingerprint density at radius 3 is 2.76 bits per heavy atom. The molecule has 0 aromatic carbocycles. The number of pyridine rings is 1. The number of aromatic amines is 1. The summed E-state index contributed by atoms with van der Waals surface area (Å²) >= 11 is 0. The molecule has 1 fully saturated rings. The number of nitrogens with zero attached hydrogens (tertiary/aromatic N) is 1. The van der Waals surface area contributed by atoms with E-state index in [9.17, 15) is 22.8 Å². The van der Waals surface area contributed by atoms with E-state index < -0.39 is 23.2 Å². The Hall–Kier alpha value is -1.83. The highest BCUT2D eigenvalue weighted by Gasteiger charge is 2.34. The van der Waals surface area contributed by atoms with Crippen molar-refractivity contribution in [3.63, 3.8) is 0 Å². The van der Waals surface area contributed by atoms with Gasteiger partial charge in [0.2, 0.25) is 0 Å². The molecule has 1 aliphatic heterocycles. The molecule has 1 aromatic rings. The molecule has 0 spiro atoms. The van der Waals surface area contributed by atoms with Gasteiger partial charge < -0.3 is 10.3 Å². The number of carbonyl (C=O) groups excluding carboxylic acids is 1. The van der Waals surface area contributed by atoms with Gasteiger partial charge >= 0.3 is 6.18 Å². The van der Waals surface area contributed by atoms with Crippen LogP contribution in [0, 0.1) is 0 Å². The first-order chi connectivity index (χ1) is 9.82. The van der Waals surface area contributed by atoms with Crippen LogP contribution in [-0.4, -0.2) is 41.5 Å². The third kappa shape index (κ3) is 3.44. The average Bonchev–Trinajstić information content (AvgIpc) is 2.37. The van der Waals surface area contributed by atoms with Crippen LogP contribution in [0.5, 0.6) is 0 Å². The smallest absolute Gasteiger partial charge is 0.350 e. The Kier molecular flexibility index (Phi) is 4.36. The van der Waals surface area contributed by atoms with Crippen molar-refractivity contribution in [3.05, 3.63) is 33.7 Å². The summed E-state index contributed by atoms with van der Waals surface area (Å²) in [6.07, 6.45) is -2.84. The van der Waals surface area contributed by atoms with Crippen molar-refractivity contribution in [2.45, 2.75) is 25.6 Å². The number of H-pyrrole nitrogens is 1. The van der Waals surface area contributed by atoms with Crippen molar-refractivity contribution < 1.29 is 18.0 Å². The van der Waals surface area contributed by atoms with Crippen molar-refractivity contribution in [1.82, 2.24) is 15.2 Å². The second kappa shape index (κ2) is 5.88. The van der Waals surface area contributed by atoms with Crippen LogP contribution in [0.3, 0.4) is 0 Å². The van der Waals surface area contributed by atoms with Crippen LogP contribution in [0.2, 0.25) is 0 Å². The molecule has 116 valence electrons. The molecular weight excluding hydrogens is 287 g/mol. The molecule has 0 radical (unpaired) electrons. The lowest BCUT2D eigenvalue weighted by atomic mass is 10.0. The zero-order chi connectivity index (χ0) is 15.6. The second-order valence-corrected chi connectivity index (χ2v) is 4.91. The highest BCUT2D eigenvalue weighted by molar-refractivity contribution is 5.94. The van der Waals surface area contributed by atoms with Crippen molar-refractivity contribution in [3.8, 4) is 0 Å². The number of amides is 1. The third-order valence-corrected chi connectivity index (χ3v) is 3.64. The molecule has 1 saturated heterocycles. The molecule has 5 nitrogen and oxygen atoms in total. The normalized spacial score (nSPS) is 19.1. The molecule has 8 heteroatoms. The molecular formula is C13H16F3N3O2. The fourth-order valence-electron chi connectivity index (χ4n) is 2.28. The summed E-state index contributed by atoms with van der Waals surface area (Å²) in [5.41, 5.74) is -2.83. The number of aromatic nitrogens is 1. The van der Waals surface area contributed by atoms with Gasteiger partial charge in [-0.2, -0.15) is 13.2 Å². The van der Waals surface area contributed by atoms with Gasteiger partial charge in [-0.3, -0.25) is 14.5 Å². The van der Waals surface area contributed by atoms with E-state index in [0.717, 1.165) is 25.7 Å². The van der Waals surface area contributed by atoms with E-state index in [0.29, 0.717) is 12.6 Å². The van der Waals surface area contributed by atoms with Crippen LogP contribution >= 0.6 is 0 Å². The minimum atomic E-state index is -4.78. The number of likely N-dealkylation sites (tertiary alicyclic amines) is 1. The van der Waals surface area contributed by atoms with E-state index in [1.807, 2.05) is 11.9 Å². The minimum Gasteiger partial charge on any atom is -0.350 e. The first-order valence-electron chi connectivity index (χ1n) is 6.65. The SMILES string of the molecule is CCN1CCC1CNC(=O)c1c[nH]c(=O)c(C(F)(F)F)c1. The largest absolute Gasteiger partial charge is 0.421 e. The molecule has 2 heterocycles. The standard InChI is InChI=1S/C13H16F3N3O2/c1-2-19-4-3-9(19)7-18-11(20)8-5-10(13(14,15)16)12(21)17-6-8/h5-6,9H,2-4,7H2,1H3,(H,17,21)(H,18,20). The Balaban J connectivity index is 2.04. The Morgan fingerprint density at radius 2 is 2.24 bits per heavy atom. The summed E-state index contributed by atoms with van der Waals surface area (Å²) < 4.78 is 37.8. The highest BCUT2D eigenvalue weighted by atomic mass is 19.4. The van der Waals surface area contributed by atoms with E-state index in [1.165, 1.54) is 0 Å². The van der Waals surface area contributed by atoms with Crippen molar-refractivity contribution in [2.75, 3.05) is 19.6 Å². The number of carbonyl (C=O) groups is 1. The summed E-state index contributed by atoms with van der Waals surface area (Å²) in [5, 5.41) is 2.59. The summed E-state index contributed by atoms with van der Waals surface area (Å²) in [6.45, 7) is 4.23. The lowest BCUT2D eigenvalue weighted by Crippen LogP contribution is -2.53. The second-order valence-electron chi connectivity index (χ2n) is 4.91. The van der Waals surface area contributed by atoms with Crippen LogP contribution in [0.4, 0.5) is 13.2 Å². The topological polar surface area (TPSA) is 65.2 Å². The zero-order valence-electron chi connectivity index (χ0n) is 11.5. The van der Waals surface area contributed by atoms with Gasteiger partial charge in [0, 0.05) is 25.3 Å². The number of nitrogens with one attached hydrogen (secondary N) is 2. The van der Waals surface area contributed by atoms with E-state index in [2.05, 4.69) is 10.2 Å². The zero-order valence-corrected chi connectivity index (χ0v) is 11.5. The van der Waals surface area contributed by atoms with Gasteiger partial charge in [-0.05, 0) is 19.0 Å². The molecule has 0 saturated carbocycles. The van der Waals surface area contributed by atoms with E-state index in [1.54, 1.807) is 0 Å². The van der Waals surface area contributed by atoms with Gasteiger partial charge in [0.25, 0.3) is 11.5 Å². The Bertz CT molecular complexity index is 581. The number of alkyl halides is 3. The predicted octanol–water partition coefficient (Wildman–Crippen LogP) is 1.22.